The zero-order valence-electron chi connectivity index (χ0n) is 11.5. The summed E-state index contributed by atoms with van der Waals surface area (Å²) in [6, 6.07) is 5.40. The van der Waals surface area contributed by atoms with E-state index in [-0.39, 0.29) is 5.69 Å². The number of rotatable bonds is 5. The van der Waals surface area contributed by atoms with Crippen LogP contribution < -0.4 is 11.3 Å². The first-order valence-electron chi connectivity index (χ1n) is 6.71. The molecule has 110 valence electrons. The minimum Gasteiger partial charge on any atom is -0.378 e. The highest BCUT2D eigenvalue weighted by molar-refractivity contribution is 5.62. The van der Waals surface area contributed by atoms with E-state index in [9.17, 15) is 10.1 Å². The minimum atomic E-state index is -0.442. The van der Waals surface area contributed by atoms with Crippen molar-refractivity contribution >= 4 is 11.4 Å². The summed E-state index contributed by atoms with van der Waals surface area (Å²) in [7, 11) is 0. The fourth-order valence-electron chi connectivity index (χ4n) is 2.46. The Kier molecular flexibility index (Phi) is 4.89. The lowest BCUT2D eigenvalue weighted by Gasteiger charge is -2.35. The number of hydrogen-bond donors (Lipinski definition) is 2. The van der Waals surface area contributed by atoms with Gasteiger partial charge in [0.25, 0.3) is 5.69 Å². The monoisotopic (exact) mass is 280 g/mol. The van der Waals surface area contributed by atoms with Crippen LogP contribution in [0.4, 0.5) is 11.4 Å². The molecular formula is C13H20N4O3. The van der Waals surface area contributed by atoms with Gasteiger partial charge in [-0.05, 0) is 18.1 Å². The van der Waals surface area contributed by atoms with Gasteiger partial charge in [-0.3, -0.25) is 20.9 Å². The van der Waals surface area contributed by atoms with Crippen molar-refractivity contribution in [1.29, 1.82) is 0 Å². The van der Waals surface area contributed by atoms with Gasteiger partial charge in [0.05, 0.1) is 18.1 Å². The first kappa shape index (κ1) is 14.7. The molecule has 1 saturated heterocycles. The molecule has 1 unspecified atom stereocenters. The third-order valence-corrected chi connectivity index (χ3v) is 3.62. The van der Waals surface area contributed by atoms with Crippen molar-refractivity contribution in [3.8, 4) is 0 Å². The number of benzene rings is 1. The number of morpholine rings is 1. The van der Waals surface area contributed by atoms with Crippen LogP contribution in [0.1, 0.15) is 18.9 Å². The number of ether oxygens (including phenoxy) is 1. The Morgan fingerprint density at radius 3 is 3.05 bits per heavy atom. The average molecular weight is 280 g/mol. The van der Waals surface area contributed by atoms with Crippen LogP contribution in [-0.4, -0.2) is 35.6 Å². The van der Waals surface area contributed by atoms with E-state index in [0.29, 0.717) is 11.7 Å². The SMILES string of the molecule is CCC1COCCN1Cc1ccc([N+](=O)[O-])c(NN)c1. The van der Waals surface area contributed by atoms with Gasteiger partial charge >= 0.3 is 0 Å². The van der Waals surface area contributed by atoms with E-state index >= 15 is 0 Å². The van der Waals surface area contributed by atoms with Gasteiger partial charge in [0.1, 0.15) is 5.69 Å². The second-order valence-electron chi connectivity index (χ2n) is 4.86. The highest BCUT2D eigenvalue weighted by Gasteiger charge is 2.22. The van der Waals surface area contributed by atoms with E-state index in [4.69, 9.17) is 10.6 Å². The van der Waals surface area contributed by atoms with Crippen LogP contribution in [0.15, 0.2) is 18.2 Å². The Labute approximate surface area is 117 Å². The second kappa shape index (κ2) is 6.65. The predicted octanol–water partition coefficient (Wildman–Crippen LogP) is 1.49. The van der Waals surface area contributed by atoms with Crippen LogP contribution >= 0.6 is 0 Å². The zero-order chi connectivity index (χ0) is 14.5. The normalized spacial score (nSPS) is 19.8. The second-order valence-corrected chi connectivity index (χ2v) is 4.86. The summed E-state index contributed by atoms with van der Waals surface area (Å²) in [5, 5.41) is 10.9. The van der Waals surface area contributed by atoms with E-state index in [2.05, 4.69) is 17.2 Å². The van der Waals surface area contributed by atoms with Crippen molar-refractivity contribution in [2.45, 2.75) is 25.9 Å². The molecule has 1 atom stereocenters. The van der Waals surface area contributed by atoms with Crippen LogP contribution in [-0.2, 0) is 11.3 Å². The van der Waals surface area contributed by atoms with Crippen molar-refractivity contribution in [3.63, 3.8) is 0 Å². The quantitative estimate of drug-likeness (QED) is 0.482. The molecule has 20 heavy (non-hydrogen) atoms. The van der Waals surface area contributed by atoms with Gasteiger partial charge in [-0.1, -0.05) is 13.0 Å². The Hall–Kier alpha value is -1.70. The smallest absolute Gasteiger partial charge is 0.293 e. The fraction of sp³-hybridized carbons (Fsp3) is 0.538. The molecule has 1 aromatic rings. The largest absolute Gasteiger partial charge is 0.378 e. The zero-order valence-corrected chi connectivity index (χ0v) is 11.5. The van der Waals surface area contributed by atoms with Gasteiger partial charge in [0.2, 0.25) is 0 Å². The molecule has 7 heteroatoms. The van der Waals surface area contributed by atoms with Gasteiger partial charge in [0.15, 0.2) is 0 Å². The van der Waals surface area contributed by atoms with Crippen molar-refractivity contribution in [2.75, 3.05) is 25.2 Å². The lowest BCUT2D eigenvalue weighted by Crippen LogP contribution is -2.44. The number of nitrogen functional groups attached to an aromatic ring is 1. The molecule has 1 aliphatic rings. The Balaban J connectivity index is 2.14. The van der Waals surface area contributed by atoms with Gasteiger partial charge in [-0.25, -0.2) is 0 Å². The number of nitrogens with zero attached hydrogens (tertiary/aromatic N) is 2. The molecule has 0 spiro atoms. The molecular weight excluding hydrogens is 260 g/mol. The number of nitro benzene ring substituents is 1. The first-order valence-corrected chi connectivity index (χ1v) is 6.71. The summed E-state index contributed by atoms with van der Waals surface area (Å²) in [6.07, 6.45) is 1.02. The van der Waals surface area contributed by atoms with Gasteiger partial charge < -0.3 is 10.2 Å². The first-order chi connectivity index (χ1) is 9.65. The molecule has 1 heterocycles. The third kappa shape index (κ3) is 3.24. The summed E-state index contributed by atoms with van der Waals surface area (Å²) in [4.78, 5) is 12.8. The summed E-state index contributed by atoms with van der Waals surface area (Å²) < 4.78 is 5.47. The molecule has 1 fully saturated rings. The lowest BCUT2D eigenvalue weighted by molar-refractivity contribution is -0.384. The minimum absolute atomic E-state index is 0.00901. The van der Waals surface area contributed by atoms with Crippen LogP contribution in [0.5, 0.6) is 0 Å². The van der Waals surface area contributed by atoms with Gasteiger partial charge in [0, 0.05) is 25.2 Å². The summed E-state index contributed by atoms with van der Waals surface area (Å²) in [6.45, 7) is 5.22. The topological polar surface area (TPSA) is 93.7 Å². The molecule has 7 nitrogen and oxygen atoms in total. The van der Waals surface area contributed by atoms with E-state index in [1.165, 1.54) is 6.07 Å². The maximum Gasteiger partial charge on any atom is 0.293 e. The molecule has 0 amide bonds. The van der Waals surface area contributed by atoms with Gasteiger partial charge in [-0.2, -0.15) is 0 Å². The van der Waals surface area contributed by atoms with Crippen LogP contribution in [0, 0.1) is 10.1 Å². The number of hydrogen-bond acceptors (Lipinski definition) is 6. The maximum absolute atomic E-state index is 10.9. The van der Waals surface area contributed by atoms with Gasteiger partial charge in [-0.15, -0.1) is 0 Å². The standard InChI is InChI=1S/C13H20N4O3/c1-2-11-9-20-6-5-16(11)8-10-3-4-13(17(18)19)12(7-10)15-14/h3-4,7,11,15H,2,5-6,8-9,14H2,1H3. The fourth-order valence-corrected chi connectivity index (χ4v) is 2.46. The van der Waals surface area contributed by atoms with Crippen LogP contribution in [0.25, 0.3) is 0 Å². The van der Waals surface area contributed by atoms with Crippen molar-refractivity contribution in [1.82, 2.24) is 4.90 Å². The van der Waals surface area contributed by atoms with E-state index in [1.807, 2.05) is 0 Å². The van der Waals surface area contributed by atoms with Crippen LogP contribution in [0.3, 0.4) is 0 Å². The number of hydrazine groups is 1. The Bertz CT molecular complexity index is 481. The Morgan fingerprint density at radius 1 is 1.60 bits per heavy atom. The highest BCUT2D eigenvalue weighted by Crippen LogP contribution is 2.25. The molecule has 3 N–H and O–H groups in total. The van der Waals surface area contributed by atoms with E-state index in [0.717, 1.165) is 38.3 Å². The molecule has 2 rings (SSSR count). The average Bonchev–Trinajstić information content (AvgIpc) is 2.47. The molecule has 0 aromatic heterocycles. The van der Waals surface area contributed by atoms with E-state index in [1.54, 1.807) is 12.1 Å². The molecule has 0 radical (unpaired) electrons. The van der Waals surface area contributed by atoms with E-state index < -0.39 is 4.92 Å². The number of nitrogens with one attached hydrogen (secondary N) is 1. The molecule has 0 aliphatic carbocycles. The molecule has 0 bridgehead atoms. The van der Waals surface area contributed by atoms with Crippen LogP contribution in [0.2, 0.25) is 0 Å². The number of nitro groups is 1. The van der Waals surface area contributed by atoms with Crippen molar-refractivity contribution in [3.05, 3.63) is 33.9 Å². The molecule has 0 saturated carbocycles. The summed E-state index contributed by atoms with van der Waals surface area (Å²) in [5.74, 6) is 5.36. The third-order valence-electron chi connectivity index (χ3n) is 3.62. The lowest BCUT2D eigenvalue weighted by atomic mass is 10.1. The van der Waals surface area contributed by atoms with Crippen molar-refractivity contribution < 1.29 is 9.66 Å². The Morgan fingerprint density at radius 2 is 2.40 bits per heavy atom. The summed E-state index contributed by atoms with van der Waals surface area (Å²) in [5.41, 5.74) is 3.73. The maximum atomic E-state index is 10.9. The molecule has 1 aromatic carbocycles. The highest BCUT2D eigenvalue weighted by atomic mass is 16.6. The molecule has 1 aliphatic heterocycles. The summed E-state index contributed by atoms with van der Waals surface area (Å²) >= 11 is 0. The number of anilines is 1. The predicted molar refractivity (Wildman–Crippen MR) is 76.2 cm³/mol. The van der Waals surface area contributed by atoms with Crippen molar-refractivity contribution in [2.24, 2.45) is 5.84 Å². The number of nitrogens with two attached hydrogens (primary N) is 1.